The SMILES string of the molecule is Cc1ncc2c(n1)C1(CCCN(C(=O)c3cc4cc(F)ccc4[nH]3)C1)CC2. The Labute approximate surface area is 156 Å². The quantitative estimate of drug-likeness (QED) is 0.719. The molecule has 3 heterocycles. The molecule has 2 aromatic heterocycles. The highest BCUT2D eigenvalue weighted by Gasteiger charge is 2.44. The van der Waals surface area contributed by atoms with Crippen molar-refractivity contribution >= 4 is 16.8 Å². The second-order valence-electron chi connectivity index (χ2n) is 7.82. The molecule has 0 radical (unpaired) electrons. The summed E-state index contributed by atoms with van der Waals surface area (Å²) in [6, 6.07) is 6.27. The number of aromatic nitrogens is 3. The largest absolute Gasteiger partial charge is 0.351 e. The molecule has 6 heteroatoms. The molecule has 1 aromatic carbocycles. The summed E-state index contributed by atoms with van der Waals surface area (Å²) in [4.78, 5) is 27.3. The zero-order chi connectivity index (χ0) is 18.6. The van der Waals surface area contributed by atoms with E-state index in [9.17, 15) is 9.18 Å². The lowest BCUT2D eigenvalue weighted by molar-refractivity contribution is 0.0628. The average molecular weight is 364 g/mol. The minimum Gasteiger partial charge on any atom is -0.351 e. The minimum atomic E-state index is -0.296. The summed E-state index contributed by atoms with van der Waals surface area (Å²) in [6.45, 7) is 3.34. The number of hydrogen-bond donors (Lipinski definition) is 1. The molecule has 1 N–H and O–H groups in total. The Balaban J connectivity index is 1.46. The number of benzene rings is 1. The molecule has 138 valence electrons. The van der Waals surface area contributed by atoms with Crippen LogP contribution in [0.2, 0.25) is 0 Å². The van der Waals surface area contributed by atoms with Crippen molar-refractivity contribution in [1.82, 2.24) is 19.9 Å². The molecule has 3 aromatic rings. The molecule has 1 aliphatic carbocycles. The van der Waals surface area contributed by atoms with Gasteiger partial charge in [0, 0.05) is 35.6 Å². The van der Waals surface area contributed by atoms with E-state index in [2.05, 4.69) is 9.97 Å². The van der Waals surface area contributed by atoms with Gasteiger partial charge in [0.05, 0.1) is 5.69 Å². The fraction of sp³-hybridized carbons (Fsp3) is 0.381. The van der Waals surface area contributed by atoms with Crippen LogP contribution in [0.15, 0.2) is 30.5 Å². The van der Waals surface area contributed by atoms with Crippen LogP contribution < -0.4 is 0 Å². The molecule has 2 aliphatic rings. The van der Waals surface area contributed by atoms with Gasteiger partial charge in [-0.15, -0.1) is 0 Å². The van der Waals surface area contributed by atoms with Gasteiger partial charge in [-0.2, -0.15) is 0 Å². The average Bonchev–Trinajstić information content (AvgIpc) is 3.23. The number of nitrogens with zero attached hydrogens (tertiary/aromatic N) is 3. The van der Waals surface area contributed by atoms with Crippen LogP contribution >= 0.6 is 0 Å². The van der Waals surface area contributed by atoms with Crippen molar-refractivity contribution in [2.75, 3.05) is 13.1 Å². The summed E-state index contributed by atoms with van der Waals surface area (Å²) in [5.41, 5.74) is 3.59. The van der Waals surface area contributed by atoms with Gasteiger partial charge in [0.15, 0.2) is 0 Å². The second-order valence-corrected chi connectivity index (χ2v) is 7.82. The summed E-state index contributed by atoms with van der Waals surface area (Å²) in [5.74, 6) is 0.469. The number of fused-ring (bicyclic) bond motifs is 3. The molecule has 1 amide bonds. The number of likely N-dealkylation sites (tertiary alicyclic amines) is 1. The molecule has 1 spiro atoms. The molecule has 1 aliphatic heterocycles. The van der Waals surface area contributed by atoms with Gasteiger partial charge < -0.3 is 9.88 Å². The highest BCUT2D eigenvalue weighted by Crippen LogP contribution is 2.44. The van der Waals surface area contributed by atoms with Crippen LogP contribution in [0.4, 0.5) is 4.39 Å². The van der Waals surface area contributed by atoms with Crippen molar-refractivity contribution in [3.05, 3.63) is 59.1 Å². The molecule has 1 fully saturated rings. The van der Waals surface area contributed by atoms with Crippen molar-refractivity contribution in [3.63, 3.8) is 0 Å². The third-order valence-corrected chi connectivity index (χ3v) is 6.04. The van der Waals surface area contributed by atoms with Crippen LogP contribution in [0.1, 0.15) is 46.8 Å². The van der Waals surface area contributed by atoms with E-state index in [4.69, 9.17) is 4.98 Å². The van der Waals surface area contributed by atoms with E-state index in [0.29, 0.717) is 12.2 Å². The third kappa shape index (κ3) is 2.62. The minimum absolute atomic E-state index is 0.0232. The van der Waals surface area contributed by atoms with Gasteiger partial charge in [-0.1, -0.05) is 0 Å². The van der Waals surface area contributed by atoms with Gasteiger partial charge in [0.25, 0.3) is 5.91 Å². The van der Waals surface area contributed by atoms with E-state index in [1.54, 1.807) is 12.1 Å². The van der Waals surface area contributed by atoms with Crippen LogP contribution in [0.25, 0.3) is 10.9 Å². The smallest absolute Gasteiger partial charge is 0.270 e. The first-order valence-electron chi connectivity index (χ1n) is 9.45. The van der Waals surface area contributed by atoms with Gasteiger partial charge in [-0.05, 0) is 62.4 Å². The van der Waals surface area contributed by atoms with E-state index >= 15 is 0 Å². The van der Waals surface area contributed by atoms with Crippen LogP contribution in [0.5, 0.6) is 0 Å². The number of piperidine rings is 1. The summed E-state index contributed by atoms with van der Waals surface area (Å²) in [5, 5.41) is 0.722. The first-order chi connectivity index (χ1) is 13.0. The fourth-order valence-corrected chi connectivity index (χ4v) is 4.72. The summed E-state index contributed by atoms with van der Waals surface area (Å²) in [6.07, 6.45) is 5.95. The summed E-state index contributed by atoms with van der Waals surface area (Å²) >= 11 is 0. The topological polar surface area (TPSA) is 61.9 Å². The second kappa shape index (κ2) is 5.87. The van der Waals surface area contributed by atoms with E-state index < -0.39 is 0 Å². The van der Waals surface area contributed by atoms with Crippen molar-refractivity contribution in [3.8, 4) is 0 Å². The normalized spacial score (nSPS) is 21.8. The highest BCUT2D eigenvalue weighted by atomic mass is 19.1. The number of nitrogens with one attached hydrogen (secondary N) is 1. The van der Waals surface area contributed by atoms with E-state index in [0.717, 1.165) is 54.6 Å². The third-order valence-electron chi connectivity index (χ3n) is 6.04. The summed E-state index contributed by atoms with van der Waals surface area (Å²) < 4.78 is 13.5. The van der Waals surface area contributed by atoms with Gasteiger partial charge in [0.2, 0.25) is 0 Å². The lowest BCUT2D eigenvalue weighted by atomic mass is 9.77. The highest BCUT2D eigenvalue weighted by molar-refractivity contribution is 5.98. The van der Waals surface area contributed by atoms with Gasteiger partial charge in [-0.3, -0.25) is 4.79 Å². The molecule has 1 unspecified atom stereocenters. The van der Waals surface area contributed by atoms with Crippen molar-refractivity contribution in [1.29, 1.82) is 0 Å². The number of amides is 1. The Bertz CT molecular complexity index is 1060. The zero-order valence-corrected chi connectivity index (χ0v) is 15.3. The molecule has 0 bridgehead atoms. The van der Waals surface area contributed by atoms with Crippen LogP contribution in [0.3, 0.4) is 0 Å². The molecule has 5 rings (SSSR count). The van der Waals surface area contributed by atoms with E-state index in [1.807, 2.05) is 18.0 Å². The first kappa shape index (κ1) is 16.4. The lowest BCUT2D eigenvalue weighted by Gasteiger charge is -2.40. The van der Waals surface area contributed by atoms with E-state index in [-0.39, 0.29) is 17.1 Å². The number of halogens is 1. The van der Waals surface area contributed by atoms with E-state index in [1.165, 1.54) is 17.7 Å². The Morgan fingerprint density at radius 3 is 3.07 bits per heavy atom. The Morgan fingerprint density at radius 2 is 2.19 bits per heavy atom. The van der Waals surface area contributed by atoms with Gasteiger partial charge in [-0.25, -0.2) is 14.4 Å². The van der Waals surface area contributed by atoms with Crippen LogP contribution in [-0.4, -0.2) is 38.8 Å². The number of H-pyrrole nitrogens is 1. The molecule has 1 atom stereocenters. The fourth-order valence-electron chi connectivity index (χ4n) is 4.72. The number of rotatable bonds is 1. The molecular formula is C21H21FN4O. The maximum Gasteiger partial charge on any atom is 0.270 e. The number of aromatic amines is 1. The Morgan fingerprint density at radius 1 is 1.30 bits per heavy atom. The number of carbonyl (C=O) groups excluding carboxylic acids is 1. The number of carbonyl (C=O) groups is 1. The standard InChI is InChI=1S/C21H21FN4O/c1-13-23-11-14-5-7-21(19(14)24-13)6-2-8-26(12-21)20(27)18-10-15-9-16(22)3-4-17(15)25-18/h3-4,9-11,25H,2,5-8,12H2,1H3. The molecule has 1 saturated heterocycles. The van der Waals surface area contributed by atoms with Crippen molar-refractivity contribution < 1.29 is 9.18 Å². The predicted molar refractivity (Wildman–Crippen MR) is 100 cm³/mol. The predicted octanol–water partition coefficient (Wildman–Crippen LogP) is 3.53. The Hall–Kier alpha value is -2.76. The van der Waals surface area contributed by atoms with Crippen LogP contribution in [-0.2, 0) is 11.8 Å². The first-order valence-corrected chi connectivity index (χ1v) is 9.45. The zero-order valence-electron chi connectivity index (χ0n) is 15.3. The Kier molecular flexibility index (Phi) is 3.57. The van der Waals surface area contributed by atoms with Gasteiger partial charge in [0.1, 0.15) is 17.3 Å². The number of aryl methyl sites for hydroxylation is 2. The number of hydrogen-bond acceptors (Lipinski definition) is 3. The van der Waals surface area contributed by atoms with Crippen molar-refractivity contribution in [2.45, 2.75) is 38.0 Å². The monoisotopic (exact) mass is 364 g/mol. The van der Waals surface area contributed by atoms with Crippen molar-refractivity contribution in [2.24, 2.45) is 0 Å². The molecule has 0 saturated carbocycles. The molecule has 5 nitrogen and oxygen atoms in total. The maximum atomic E-state index is 13.5. The molecule has 27 heavy (non-hydrogen) atoms. The van der Waals surface area contributed by atoms with Gasteiger partial charge >= 0.3 is 0 Å². The summed E-state index contributed by atoms with van der Waals surface area (Å²) in [7, 11) is 0. The lowest BCUT2D eigenvalue weighted by Crippen LogP contribution is -2.48. The molecular weight excluding hydrogens is 343 g/mol. The maximum absolute atomic E-state index is 13.5. The van der Waals surface area contributed by atoms with Crippen LogP contribution in [0, 0.1) is 12.7 Å².